The summed E-state index contributed by atoms with van der Waals surface area (Å²) in [4.78, 5) is 14.7. The standard InChI is InChI=1S/C18H28BrN3O3S/c1-15-13-16(7-8-17(15)19)22(26(2,24)25)14-18(23)20-9-6-12-21-10-4-3-5-11-21/h7-8,13H,3-6,9-12,14H2,1-2H3,(H,20,23). The van der Waals surface area contributed by atoms with Crippen molar-refractivity contribution < 1.29 is 13.2 Å². The van der Waals surface area contributed by atoms with Crippen LogP contribution in [0.1, 0.15) is 31.2 Å². The van der Waals surface area contributed by atoms with E-state index in [-0.39, 0.29) is 12.5 Å². The van der Waals surface area contributed by atoms with Gasteiger partial charge in [-0.1, -0.05) is 22.4 Å². The van der Waals surface area contributed by atoms with Gasteiger partial charge in [-0.25, -0.2) is 8.42 Å². The van der Waals surface area contributed by atoms with E-state index in [9.17, 15) is 13.2 Å². The van der Waals surface area contributed by atoms with Crippen LogP contribution in [0.15, 0.2) is 22.7 Å². The Hall–Kier alpha value is -1.12. The molecule has 0 unspecified atom stereocenters. The van der Waals surface area contributed by atoms with Crippen LogP contribution in [0, 0.1) is 6.92 Å². The number of anilines is 1. The summed E-state index contributed by atoms with van der Waals surface area (Å²) in [6, 6.07) is 5.25. The highest BCUT2D eigenvalue weighted by molar-refractivity contribution is 9.10. The summed E-state index contributed by atoms with van der Waals surface area (Å²) in [6.45, 7) is 5.49. The van der Waals surface area contributed by atoms with Crippen LogP contribution < -0.4 is 9.62 Å². The van der Waals surface area contributed by atoms with E-state index in [0.717, 1.165) is 46.7 Å². The first-order valence-corrected chi connectivity index (χ1v) is 11.6. The first-order valence-electron chi connectivity index (χ1n) is 9.00. The number of carbonyl (C=O) groups excluding carboxylic acids is 1. The van der Waals surface area contributed by atoms with Crippen molar-refractivity contribution in [3.63, 3.8) is 0 Å². The van der Waals surface area contributed by atoms with Gasteiger partial charge in [-0.2, -0.15) is 0 Å². The molecule has 146 valence electrons. The van der Waals surface area contributed by atoms with E-state index >= 15 is 0 Å². The van der Waals surface area contributed by atoms with E-state index in [1.54, 1.807) is 18.2 Å². The quantitative estimate of drug-likeness (QED) is 0.624. The van der Waals surface area contributed by atoms with Gasteiger partial charge in [0.1, 0.15) is 6.54 Å². The van der Waals surface area contributed by atoms with Crippen LogP contribution in [0.3, 0.4) is 0 Å². The number of hydrogen-bond donors (Lipinski definition) is 1. The van der Waals surface area contributed by atoms with E-state index < -0.39 is 10.0 Å². The zero-order chi connectivity index (χ0) is 19.2. The average molecular weight is 446 g/mol. The molecular formula is C18H28BrN3O3S. The van der Waals surface area contributed by atoms with Crippen LogP contribution in [0.25, 0.3) is 0 Å². The number of aryl methyl sites for hydroxylation is 1. The normalized spacial score (nSPS) is 15.7. The largest absolute Gasteiger partial charge is 0.354 e. The SMILES string of the molecule is Cc1cc(N(CC(=O)NCCCN2CCCCC2)S(C)(=O)=O)ccc1Br. The number of amides is 1. The Labute approximate surface area is 165 Å². The summed E-state index contributed by atoms with van der Waals surface area (Å²) in [5.41, 5.74) is 1.41. The fraction of sp³-hybridized carbons (Fsp3) is 0.611. The summed E-state index contributed by atoms with van der Waals surface area (Å²) in [5.74, 6) is -0.283. The van der Waals surface area contributed by atoms with Gasteiger partial charge in [0, 0.05) is 11.0 Å². The molecule has 1 fully saturated rings. The predicted molar refractivity (Wildman–Crippen MR) is 109 cm³/mol. The molecule has 2 rings (SSSR count). The Bertz CT molecular complexity index is 718. The van der Waals surface area contributed by atoms with Crippen LogP contribution in [-0.2, 0) is 14.8 Å². The fourth-order valence-corrected chi connectivity index (χ4v) is 4.18. The maximum Gasteiger partial charge on any atom is 0.240 e. The zero-order valence-electron chi connectivity index (χ0n) is 15.5. The van der Waals surface area contributed by atoms with Crippen molar-refractivity contribution in [2.24, 2.45) is 0 Å². The third-order valence-corrected chi connectivity index (χ3v) is 6.57. The van der Waals surface area contributed by atoms with Gasteiger partial charge in [0.25, 0.3) is 0 Å². The molecule has 0 aliphatic carbocycles. The summed E-state index contributed by atoms with van der Waals surface area (Å²) < 4.78 is 26.3. The summed E-state index contributed by atoms with van der Waals surface area (Å²) in [6.07, 6.45) is 5.81. The number of piperidine rings is 1. The highest BCUT2D eigenvalue weighted by Gasteiger charge is 2.21. The molecule has 0 saturated carbocycles. The Morgan fingerprint density at radius 2 is 1.96 bits per heavy atom. The summed E-state index contributed by atoms with van der Waals surface area (Å²) >= 11 is 3.40. The van der Waals surface area contributed by atoms with Gasteiger partial charge in [0.05, 0.1) is 11.9 Å². The third kappa shape index (κ3) is 6.55. The fourth-order valence-electron chi connectivity index (χ4n) is 3.08. The van der Waals surface area contributed by atoms with Crippen molar-refractivity contribution in [1.82, 2.24) is 10.2 Å². The van der Waals surface area contributed by atoms with Gasteiger partial charge in [0.2, 0.25) is 15.9 Å². The number of likely N-dealkylation sites (tertiary alicyclic amines) is 1. The van der Waals surface area contributed by atoms with Crippen molar-refractivity contribution in [1.29, 1.82) is 0 Å². The highest BCUT2D eigenvalue weighted by atomic mass is 79.9. The smallest absolute Gasteiger partial charge is 0.240 e. The van der Waals surface area contributed by atoms with Gasteiger partial charge in [-0.15, -0.1) is 0 Å². The number of benzene rings is 1. The molecule has 0 radical (unpaired) electrons. The molecule has 1 aromatic rings. The first-order chi connectivity index (χ1) is 12.3. The maximum absolute atomic E-state index is 12.2. The van der Waals surface area contributed by atoms with Crippen molar-refractivity contribution in [3.05, 3.63) is 28.2 Å². The van der Waals surface area contributed by atoms with Crippen LogP contribution in [0.5, 0.6) is 0 Å². The molecule has 0 bridgehead atoms. The topological polar surface area (TPSA) is 69.7 Å². The van der Waals surface area contributed by atoms with Crippen molar-refractivity contribution in [3.8, 4) is 0 Å². The highest BCUT2D eigenvalue weighted by Crippen LogP contribution is 2.24. The number of hydrogen-bond acceptors (Lipinski definition) is 4. The lowest BCUT2D eigenvalue weighted by Crippen LogP contribution is -2.41. The lowest BCUT2D eigenvalue weighted by Gasteiger charge is -2.26. The minimum Gasteiger partial charge on any atom is -0.354 e. The van der Waals surface area contributed by atoms with Crippen LogP contribution in [0.2, 0.25) is 0 Å². The third-order valence-electron chi connectivity index (χ3n) is 4.54. The molecule has 1 aromatic carbocycles. The van der Waals surface area contributed by atoms with Crippen LogP contribution >= 0.6 is 15.9 Å². The Morgan fingerprint density at radius 1 is 1.27 bits per heavy atom. The summed E-state index contributed by atoms with van der Waals surface area (Å²) in [7, 11) is -3.54. The van der Waals surface area contributed by atoms with Crippen molar-refractivity contribution in [2.75, 3.05) is 43.3 Å². The molecule has 8 heteroatoms. The van der Waals surface area contributed by atoms with Gasteiger partial charge < -0.3 is 10.2 Å². The Kier molecular flexibility index (Phi) is 7.91. The van der Waals surface area contributed by atoms with E-state index in [2.05, 4.69) is 26.1 Å². The van der Waals surface area contributed by atoms with Crippen LogP contribution in [-0.4, -0.2) is 58.2 Å². The second-order valence-electron chi connectivity index (χ2n) is 6.81. The molecule has 1 N–H and O–H groups in total. The molecule has 0 aromatic heterocycles. The first kappa shape index (κ1) is 21.2. The molecule has 1 saturated heterocycles. The number of rotatable bonds is 8. The van der Waals surface area contributed by atoms with Crippen molar-refractivity contribution in [2.45, 2.75) is 32.6 Å². The molecule has 0 atom stereocenters. The molecule has 0 spiro atoms. The molecule has 1 aliphatic heterocycles. The number of nitrogens with zero attached hydrogens (tertiary/aromatic N) is 2. The molecule has 1 amide bonds. The molecule has 6 nitrogen and oxygen atoms in total. The zero-order valence-corrected chi connectivity index (χ0v) is 17.9. The Morgan fingerprint density at radius 3 is 2.58 bits per heavy atom. The van der Waals surface area contributed by atoms with E-state index in [4.69, 9.17) is 0 Å². The van der Waals surface area contributed by atoms with E-state index in [1.165, 1.54) is 19.3 Å². The number of halogens is 1. The lowest BCUT2D eigenvalue weighted by molar-refractivity contribution is -0.119. The lowest BCUT2D eigenvalue weighted by atomic mass is 10.1. The van der Waals surface area contributed by atoms with Gasteiger partial charge >= 0.3 is 0 Å². The molecule has 1 heterocycles. The van der Waals surface area contributed by atoms with Gasteiger partial charge in [0.15, 0.2) is 0 Å². The summed E-state index contributed by atoms with van der Waals surface area (Å²) in [5, 5.41) is 2.84. The molecule has 26 heavy (non-hydrogen) atoms. The van der Waals surface area contributed by atoms with E-state index in [0.29, 0.717) is 12.2 Å². The molecular weight excluding hydrogens is 418 g/mol. The second-order valence-corrected chi connectivity index (χ2v) is 9.57. The molecule has 1 aliphatic rings. The maximum atomic E-state index is 12.2. The van der Waals surface area contributed by atoms with E-state index in [1.807, 2.05) is 6.92 Å². The number of nitrogens with one attached hydrogen (secondary N) is 1. The minimum atomic E-state index is -3.54. The second kappa shape index (κ2) is 9.71. The van der Waals surface area contributed by atoms with Crippen molar-refractivity contribution >= 4 is 37.5 Å². The predicted octanol–water partition coefficient (Wildman–Crippen LogP) is 2.52. The van der Waals surface area contributed by atoms with Gasteiger partial charge in [-0.3, -0.25) is 9.10 Å². The Balaban J connectivity index is 1.87. The average Bonchev–Trinajstić information content (AvgIpc) is 2.59. The minimum absolute atomic E-state index is 0.205. The number of carbonyl (C=O) groups is 1. The monoisotopic (exact) mass is 445 g/mol. The van der Waals surface area contributed by atoms with Gasteiger partial charge in [-0.05, 0) is 69.6 Å². The van der Waals surface area contributed by atoms with Crippen LogP contribution in [0.4, 0.5) is 5.69 Å². The number of sulfonamides is 1.